The second-order valence-corrected chi connectivity index (χ2v) is 8.36. The lowest BCUT2D eigenvalue weighted by Gasteiger charge is -2.30. The van der Waals surface area contributed by atoms with Crippen molar-refractivity contribution in [1.82, 2.24) is 5.32 Å². The van der Waals surface area contributed by atoms with Gasteiger partial charge in [0.15, 0.2) is 5.78 Å². The van der Waals surface area contributed by atoms with E-state index < -0.39 is 11.9 Å². The summed E-state index contributed by atoms with van der Waals surface area (Å²) in [5.41, 5.74) is 6.95. The van der Waals surface area contributed by atoms with Crippen LogP contribution in [-0.4, -0.2) is 26.0 Å². The Bertz CT molecular complexity index is 1170. The van der Waals surface area contributed by atoms with Crippen molar-refractivity contribution < 1.29 is 19.1 Å². The van der Waals surface area contributed by atoms with E-state index in [1.54, 1.807) is 7.11 Å². The number of methoxy groups -OCH3 is 2. The Kier molecular flexibility index (Phi) is 5.21. The minimum Gasteiger partial charge on any atom is -0.496 e. The number of carbonyl (C=O) groups excluding carboxylic acids is 2. The Morgan fingerprint density at radius 2 is 1.74 bits per heavy atom. The van der Waals surface area contributed by atoms with Gasteiger partial charge in [-0.05, 0) is 42.5 Å². The molecule has 0 saturated carbocycles. The third-order valence-electron chi connectivity index (χ3n) is 6.21. The zero-order chi connectivity index (χ0) is 22.4. The van der Waals surface area contributed by atoms with E-state index in [2.05, 4.69) is 25.2 Å². The van der Waals surface area contributed by atoms with Gasteiger partial charge in [0.05, 0.1) is 25.5 Å². The van der Waals surface area contributed by atoms with E-state index in [1.165, 1.54) is 7.11 Å². The minimum atomic E-state index is -0.521. The monoisotopic (exact) mass is 417 g/mol. The van der Waals surface area contributed by atoms with E-state index in [-0.39, 0.29) is 11.7 Å². The number of Topliss-reactive ketones (excluding diaryl/α,β-unsaturated/α-hetero) is 1. The van der Waals surface area contributed by atoms with Gasteiger partial charge in [-0.1, -0.05) is 44.2 Å². The second kappa shape index (κ2) is 7.73. The van der Waals surface area contributed by atoms with E-state index in [4.69, 9.17) is 9.47 Å². The van der Waals surface area contributed by atoms with Crippen LogP contribution in [0.3, 0.4) is 0 Å². The molecule has 0 spiro atoms. The molecule has 1 atom stereocenters. The number of ketones is 1. The number of aryl methyl sites for hydroxylation is 1. The van der Waals surface area contributed by atoms with Crippen molar-refractivity contribution in [2.45, 2.75) is 39.5 Å². The summed E-state index contributed by atoms with van der Waals surface area (Å²) in [6.45, 7) is 8.05. The number of fused-ring (bicyclic) bond motifs is 2. The predicted octanol–water partition coefficient (Wildman–Crippen LogP) is 4.87. The summed E-state index contributed by atoms with van der Waals surface area (Å²) in [7, 11) is 3.03. The molecule has 4 rings (SSSR count). The van der Waals surface area contributed by atoms with Crippen LogP contribution in [0.25, 0.3) is 5.70 Å². The Labute approximate surface area is 182 Å². The van der Waals surface area contributed by atoms with E-state index in [0.717, 1.165) is 33.7 Å². The van der Waals surface area contributed by atoms with Gasteiger partial charge in [-0.2, -0.15) is 0 Å². The van der Waals surface area contributed by atoms with Gasteiger partial charge in [0.1, 0.15) is 5.75 Å². The Hall–Kier alpha value is -3.34. The molecule has 0 aromatic heterocycles. The van der Waals surface area contributed by atoms with Crippen molar-refractivity contribution in [2.75, 3.05) is 14.2 Å². The fourth-order valence-electron chi connectivity index (χ4n) is 4.68. The summed E-state index contributed by atoms with van der Waals surface area (Å²) < 4.78 is 10.7. The molecule has 1 aliphatic heterocycles. The van der Waals surface area contributed by atoms with Crippen LogP contribution in [0.4, 0.5) is 0 Å². The number of carbonyl (C=O) groups is 2. The van der Waals surface area contributed by atoms with Gasteiger partial charge in [0.2, 0.25) is 0 Å². The molecule has 0 fully saturated rings. The van der Waals surface area contributed by atoms with Crippen LogP contribution in [0.15, 0.2) is 53.2 Å². The first kappa shape index (κ1) is 20.9. The minimum absolute atomic E-state index is 0.0571. The highest BCUT2D eigenvalue weighted by molar-refractivity contribution is 6.23. The number of rotatable bonds is 4. The maximum atomic E-state index is 13.5. The second-order valence-electron chi connectivity index (χ2n) is 8.36. The van der Waals surface area contributed by atoms with Crippen LogP contribution in [0.5, 0.6) is 5.75 Å². The Morgan fingerprint density at radius 1 is 1.06 bits per heavy atom. The topological polar surface area (TPSA) is 64.6 Å². The molecule has 5 heteroatoms. The van der Waals surface area contributed by atoms with Crippen molar-refractivity contribution in [3.8, 4) is 5.75 Å². The van der Waals surface area contributed by atoms with E-state index >= 15 is 0 Å². The third kappa shape index (κ3) is 3.16. The summed E-state index contributed by atoms with van der Waals surface area (Å²) in [5, 5.41) is 3.32. The van der Waals surface area contributed by atoms with Crippen LogP contribution in [0.1, 0.15) is 65.2 Å². The molecular weight excluding hydrogens is 390 g/mol. The molecule has 0 amide bonds. The SMILES string of the molecule is COC(=O)C1=C(C)NC2=C(C(=O)c3ccccc32)[C@@H]1c1cc(C(C)C)c(OC)cc1C. The summed E-state index contributed by atoms with van der Waals surface area (Å²) >= 11 is 0. The quantitative estimate of drug-likeness (QED) is 0.719. The lowest BCUT2D eigenvalue weighted by molar-refractivity contribution is -0.136. The summed E-state index contributed by atoms with van der Waals surface area (Å²) in [6, 6.07) is 11.6. The van der Waals surface area contributed by atoms with Gasteiger partial charge in [-0.15, -0.1) is 0 Å². The van der Waals surface area contributed by atoms with Crippen molar-refractivity contribution in [1.29, 1.82) is 0 Å². The van der Waals surface area contributed by atoms with Gasteiger partial charge in [0.25, 0.3) is 0 Å². The first-order valence-electron chi connectivity index (χ1n) is 10.4. The zero-order valence-corrected chi connectivity index (χ0v) is 18.8. The zero-order valence-electron chi connectivity index (χ0n) is 18.8. The fourth-order valence-corrected chi connectivity index (χ4v) is 4.68. The van der Waals surface area contributed by atoms with Gasteiger partial charge in [-0.3, -0.25) is 4.79 Å². The van der Waals surface area contributed by atoms with Gasteiger partial charge in [-0.25, -0.2) is 4.79 Å². The normalized spacial score (nSPS) is 17.5. The molecule has 5 nitrogen and oxygen atoms in total. The van der Waals surface area contributed by atoms with Crippen LogP contribution < -0.4 is 10.1 Å². The van der Waals surface area contributed by atoms with Gasteiger partial charge < -0.3 is 14.8 Å². The lowest BCUT2D eigenvalue weighted by Crippen LogP contribution is -2.29. The highest BCUT2D eigenvalue weighted by atomic mass is 16.5. The molecule has 2 aromatic rings. The number of ether oxygens (including phenoxy) is 2. The van der Waals surface area contributed by atoms with Crippen LogP contribution >= 0.6 is 0 Å². The first-order chi connectivity index (χ1) is 14.8. The molecule has 160 valence electrons. The molecule has 0 saturated heterocycles. The average Bonchev–Trinajstić information content (AvgIpc) is 3.04. The number of allylic oxidation sites excluding steroid dienone is 2. The van der Waals surface area contributed by atoms with Crippen LogP contribution in [0.2, 0.25) is 0 Å². The Morgan fingerprint density at radius 3 is 2.35 bits per heavy atom. The van der Waals surface area contributed by atoms with Crippen molar-refractivity contribution in [2.24, 2.45) is 0 Å². The van der Waals surface area contributed by atoms with E-state index in [0.29, 0.717) is 22.4 Å². The van der Waals surface area contributed by atoms with Crippen LogP contribution in [0, 0.1) is 6.92 Å². The highest BCUT2D eigenvalue weighted by Gasteiger charge is 2.43. The standard InChI is InChI=1S/C26H27NO4/c1-13(2)18-12-19(14(3)11-20(18)30-5)22-21(26(29)31-6)15(4)27-24-16-9-7-8-10-17(16)25(28)23(22)24/h7-13,22,27H,1-6H3/t22-/m1/s1. The number of dihydropyridines is 1. The summed E-state index contributed by atoms with van der Waals surface area (Å²) in [4.78, 5) is 26.4. The number of benzene rings is 2. The largest absolute Gasteiger partial charge is 0.496 e. The molecule has 1 heterocycles. The van der Waals surface area contributed by atoms with Crippen molar-refractivity contribution >= 4 is 17.4 Å². The predicted molar refractivity (Wildman–Crippen MR) is 120 cm³/mol. The van der Waals surface area contributed by atoms with Gasteiger partial charge in [0, 0.05) is 28.3 Å². The number of nitrogens with one attached hydrogen (secondary N) is 1. The third-order valence-corrected chi connectivity index (χ3v) is 6.21. The molecule has 1 aliphatic carbocycles. The Balaban J connectivity index is 2.01. The number of esters is 1. The van der Waals surface area contributed by atoms with Gasteiger partial charge >= 0.3 is 5.97 Å². The fraction of sp³-hybridized carbons (Fsp3) is 0.308. The lowest BCUT2D eigenvalue weighted by atomic mass is 9.77. The maximum absolute atomic E-state index is 13.5. The highest BCUT2D eigenvalue weighted by Crippen LogP contribution is 2.48. The average molecular weight is 418 g/mol. The molecule has 0 unspecified atom stereocenters. The maximum Gasteiger partial charge on any atom is 0.336 e. The molecule has 31 heavy (non-hydrogen) atoms. The van der Waals surface area contributed by atoms with Crippen LogP contribution in [-0.2, 0) is 9.53 Å². The number of hydrogen-bond donors (Lipinski definition) is 1. The molecule has 0 radical (unpaired) electrons. The first-order valence-corrected chi connectivity index (χ1v) is 10.4. The molecular formula is C26H27NO4. The summed E-state index contributed by atoms with van der Waals surface area (Å²) in [5.74, 6) is 0.00489. The molecule has 2 aliphatic rings. The number of hydrogen-bond acceptors (Lipinski definition) is 5. The molecule has 0 bridgehead atoms. The van der Waals surface area contributed by atoms with Crippen molar-refractivity contribution in [3.05, 3.63) is 81.1 Å². The van der Waals surface area contributed by atoms with E-state index in [9.17, 15) is 9.59 Å². The molecule has 1 N–H and O–H groups in total. The van der Waals surface area contributed by atoms with E-state index in [1.807, 2.05) is 44.2 Å². The summed E-state index contributed by atoms with van der Waals surface area (Å²) in [6.07, 6.45) is 0. The van der Waals surface area contributed by atoms with Crippen molar-refractivity contribution in [3.63, 3.8) is 0 Å². The smallest absolute Gasteiger partial charge is 0.336 e. The molecule has 2 aromatic carbocycles.